The molecule has 1 N–H and O–H groups in total. The van der Waals surface area contributed by atoms with Crippen LogP contribution in [-0.2, 0) is 11.2 Å². The topological polar surface area (TPSA) is 32.3 Å². The third kappa shape index (κ3) is 7.09. The van der Waals surface area contributed by atoms with E-state index in [4.69, 9.17) is 0 Å². The van der Waals surface area contributed by atoms with Crippen molar-refractivity contribution in [3.63, 3.8) is 0 Å². The maximum absolute atomic E-state index is 12.2. The van der Waals surface area contributed by atoms with Crippen LogP contribution in [0.15, 0.2) is 42.5 Å². The predicted octanol–water partition coefficient (Wildman–Crippen LogP) is 3.72. The number of amides is 1. The molecule has 0 unspecified atom stereocenters. The Kier molecular flexibility index (Phi) is 8.44. The maximum Gasteiger partial charge on any atom is 0.261 e. The molecule has 21 heavy (non-hydrogen) atoms. The largest absolute Gasteiger partial charge is 0.285 e. The maximum atomic E-state index is 12.2. The molecule has 0 radical (unpaired) electrons. The second-order valence-corrected chi connectivity index (χ2v) is 5.40. The van der Waals surface area contributed by atoms with Crippen LogP contribution in [0.25, 0.3) is 0 Å². The van der Waals surface area contributed by atoms with Gasteiger partial charge in [-0.1, -0.05) is 63.6 Å². The zero-order valence-corrected chi connectivity index (χ0v) is 13.4. The van der Waals surface area contributed by atoms with Crippen molar-refractivity contribution in [2.75, 3.05) is 13.1 Å². The van der Waals surface area contributed by atoms with Crippen molar-refractivity contribution < 1.29 is 4.79 Å². The highest BCUT2D eigenvalue weighted by Crippen LogP contribution is 2.07. The summed E-state index contributed by atoms with van der Waals surface area (Å²) in [7, 11) is 0. The van der Waals surface area contributed by atoms with Gasteiger partial charge in [-0.2, -0.15) is 0 Å². The number of carbonyl (C=O) groups is 1. The van der Waals surface area contributed by atoms with Crippen LogP contribution in [0.2, 0.25) is 0 Å². The summed E-state index contributed by atoms with van der Waals surface area (Å²) in [6.45, 7) is 10.1. The van der Waals surface area contributed by atoms with Gasteiger partial charge in [-0.05, 0) is 18.4 Å². The van der Waals surface area contributed by atoms with Crippen LogP contribution in [0.3, 0.4) is 0 Å². The van der Waals surface area contributed by atoms with E-state index in [9.17, 15) is 4.79 Å². The van der Waals surface area contributed by atoms with Crippen molar-refractivity contribution in [1.82, 2.24) is 10.4 Å². The van der Waals surface area contributed by atoms with Crippen molar-refractivity contribution in [3.8, 4) is 0 Å². The quantitative estimate of drug-likeness (QED) is 0.526. The van der Waals surface area contributed by atoms with Crippen LogP contribution in [-0.4, -0.2) is 24.0 Å². The minimum atomic E-state index is -0.0638. The van der Waals surface area contributed by atoms with Crippen LogP contribution >= 0.6 is 0 Å². The first-order chi connectivity index (χ1) is 10.2. The highest BCUT2D eigenvalue weighted by molar-refractivity contribution is 5.92. The van der Waals surface area contributed by atoms with Crippen LogP contribution in [0.4, 0.5) is 0 Å². The van der Waals surface area contributed by atoms with Gasteiger partial charge < -0.3 is 0 Å². The summed E-state index contributed by atoms with van der Waals surface area (Å²) < 4.78 is 0. The molecule has 1 aromatic rings. The molecule has 0 aliphatic rings. The number of nitrogens with one attached hydrogen (secondary N) is 1. The van der Waals surface area contributed by atoms with Gasteiger partial charge >= 0.3 is 0 Å². The molecule has 0 spiro atoms. The van der Waals surface area contributed by atoms with E-state index in [1.54, 1.807) is 0 Å². The Bertz CT molecular complexity index is 420. The molecule has 0 aliphatic heterocycles. The van der Waals surface area contributed by atoms with Gasteiger partial charge in [0.1, 0.15) is 0 Å². The summed E-state index contributed by atoms with van der Waals surface area (Å²) >= 11 is 0. The minimum absolute atomic E-state index is 0.0638. The lowest BCUT2D eigenvalue weighted by atomic mass is 10.1. The first-order valence-corrected chi connectivity index (χ1v) is 7.95. The first-order valence-electron chi connectivity index (χ1n) is 7.95. The molecule has 0 atom stereocenters. The molecule has 0 heterocycles. The number of unbranched alkanes of at least 4 members (excludes halogenated alkanes) is 2. The van der Waals surface area contributed by atoms with Crippen molar-refractivity contribution in [2.45, 2.75) is 46.0 Å². The van der Waals surface area contributed by atoms with Crippen molar-refractivity contribution >= 4 is 5.91 Å². The molecular formula is C18H28N2O. The van der Waals surface area contributed by atoms with Crippen molar-refractivity contribution in [3.05, 3.63) is 48.0 Å². The molecule has 3 nitrogen and oxygen atoms in total. The van der Waals surface area contributed by atoms with Gasteiger partial charge in [-0.3, -0.25) is 10.2 Å². The van der Waals surface area contributed by atoms with E-state index in [2.05, 4.69) is 25.9 Å². The third-order valence-corrected chi connectivity index (χ3v) is 3.40. The fourth-order valence-corrected chi connectivity index (χ4v) is 2.07. The Hall–Kier alpha value is -1.61. The van der Waals surface area contributed by atoms with Gasteiger partial charge in [0, 0.05) is 25.1 Å². The molecule has 0 aromatic heterocycles. The highest BCUT2D eigenvalue weighted by atomic mass is 16.2. The molecule has 0 saturated heterocycles. The second kappa shape index (κ2) is 10.2. The van der Waals surface area contributed by atoms with E-state index in [-0.39, 0.29) is 5.91 Å². The molecule has 1 rings (SSSR count). The monoisotopic (exact) mass is 288 g/mol. The summed E-state index contributed by atoms with van der Waals surface area (Å²) in [6, 6.07) is 9.98. The zero-order valence-electron chi connectivity index (χ0n) is 13.4. The molecule has 0 saturated carbocycles. The van der Waals surface area contributed by atoms with E-state index in [1.807, 2.05) is 35.3 Å². The average molecular weight is 288 g/mol. The number of hydrogen-bond donors (Lipinski definition) is 1. The molecule has 0 bridgehead atoms. The van der Waals surface area contributed by atoms with E-state index in [0.717, 1.165) is 44.3 Å². The minimum Gasteiger partial charge on any atom is -0.285 e. The smallest absolute Gasteiger partial charge is 0.261 e. The molecule has 0 fully saturated rings. The number of carbonyl (C=O) groups excluding carboxylic acids is 1. The summed E-state index contributed by atoms with van der Waals surface area (Å²) in [4.78, 5) is 12.2. The Morgan fingerprint density at radius 2 is 1.67 bits per heavy atom. The standard InChI is InChI=1S/C18H28N2O/c1-4-6-13-20(14-7-5-2)19-18(21)16(3)15-17-11-9-8-10-12-17/h8-12H,3-7,13-15H2,1-2H3,(H,19,21). The normalized spacial score (nSPS) is 10.6. The van der Waals surface area contributed by atoms with Crippen LogP contribution < -0.4 is 5.43 Å². The average Bonchev–Trinajstić information content (AvgIpc) is 2.50. The van der Waals surface area contributed by atoms with Crippen molar-refractivity contribution in [2.24, 2.45) is 0 Å². The fraction of sp³-hybridized carbons (Fsp3) is 0.500. The molecule has 1 amide bonds. The molecule has 0 aliphatic carbocycles. The number of rotatable bonds is 10. The van der Waals surface area contributed by atoms with Gasteiger partial charge in [-0.15, -0.1) is 0 Å². The Balaban J connectivity index is 2.48. The van der Waals surface area contributed by atoms with E-state index >= 15 is 0 Å². The predicted molar refractivity (Wildman–Crippen MR) is 88.8 cm³/mol. The van der Waals surface area contributed by atoms with Crippen LogP contribution in [0.1, 0.15) is 45.1 Å². The number of hydrogen-bond acceptors (Lipinski definition) is 2. The van der Waals surface area contributed by atoms with Gasteiger partial charge in [0.05, 0.1) is 0 Å². The summed E-state index contributed by atoms with van der Waals surface area (Å²) in [6.07, 6.45) is 5.04. The molecule has 3 heteroatoms. The van der Waals surface area contributed by atoms with E-state index < -0.39 is 0 Å². The fourth-order valence-electron chi connectivity index (χ4n) is 2.07. The van der Waals surface area contributed by atoms with Crippen molar-refractivity contribution in [1.29, 1.82) is 0 Å². The van der Waals surface area contributed by atoms with Gasteiger partial charge in [0.2, 0.25) is 0 Å². The summed E-state index contributed by atoms with van der Waals surface area (Å²) in [5, 5.41) is 2.03. The first kappa shape index (κ1) is 17.4. The summed E-state index contributed by atoms with van der Waals surface area (Å²) in [5.41, 5.74) is 4.73. The SMILES string of the molecule is C=C(Cc1ccccc1)C(=O)NN(CCCC)CCCC. The second-order valence-electron chi connectivity index (χ2n) is 5.40. The Labute approximate surface area is 129 Å². The lowest BCUT2D eigenvalue weighted by molar-refractivity contribution is -0.122. The van der Waals surface area contributed by atoms with E-state index in [1.165, 1.54) is 0 Å². The number of benzene rings is 1. The van der Waals surface area contributed by atoms with Gasteiger partial charge in [0.25, 0.3) is 5.91 Å². The van der Waals surface area contributed by atoms with Gasteiger partial charge in [-0.25, -0.2) is 5.01 Å². The Morgan fingerprint density at radius 1 is 1.10 bits per heavy atom. The summed E-state index contributed by atoms with van der Waals surface area (Å²) in [5.74, 6) is -0.0638. The number of nitrogens with zero attached hydrogens (tertiary/aromatic N) is 1. The lowest BCUT2D eigenvalue weighted by Crippen LogP contribution is -2.44. The van der Waals surface area contributed by atoms with Crippen LogP contribution in [0, 0.1) is 0 Å². The molecule has 1 aromatic carbocycles. The highest BCUT2D eigenvalue weighted by Gasteiger charge is 2.12. The van der Waals surface area contributed by atoms with Crippen LogP contribution in [0.5, 0.6) is 0 Å². The number of hydrazine groups is 1. The zero-order chi connectivity index (χ0) is 15.5. The van der Waals surface area contributed by atoms with Gasteiger partial charge in [0.15, 0.2) is 0 Å². The lowest BCUT2D eigenvalue weighted by Gasteiger charge is -2.23. The van der Waals surface area contributed by atoms with E-state index in [0.29, 0.717) is 12.0 Å². The molecule has 116 valence electrons. The third-order valence-electron chi connectivity index (χ3n) is 3.40. The Morgan fingerprint density at radius 3 is 2.19 bits per heavy atom. The molecular weight excluding hydrogens is 260 g/mol.